The minimum atomic E-state index is -0.210. The fourth-order valence-electron chi connectivity index (χ4n) is 2.95. The van der Waals surface area contributed by atoms with Crippen molar-refractivity contribution in [1.29, 1.82) is 0 Å². The second-order valence-electron chi connectivity index (χ2n) is 6.39. The topological polar surface area (TPSA) is 51.5 Å². The van der Waals surface area contributed by atoms with E-state index in [4.69, 9.17) is 9.15 Å². The number of carbonyl (C=O) groups excluding carboxylic acids is 1. The zero-order valence-corrected chi connectivity index (χ0v) is 14.7. The Hall–Kier alpha value is -3.27. The van der Waals surface area contributed by atoms with Crippen LogP contribution < -0.4 is 10.1 Å². The second kappa shape index (κ2) is 6.56. The Labute approximate surface area is 151 Å². The van der Waals surface area contributed by atoms with Crippen LogP contribution in [-0.4, -0.2) is 12.5 Å². The first kappa shape index (κ1) is 16.2. The molecule has 0 aliphatic rings. The molecule has 0 aliphatic heterocycles. The molecule has 1 heterocycles. The number of amides is 1. The van der Waals surface area contributed by atoms with Crippen molar-refractivity contribution >= 4 is 33.5 Å². The summed E-state index contributed by atoms with van der Waals surface area (Å²) in [5.74, 6) is 0.481. The SMILES string of the molecule is Cc1ccc(OCC(=O)Nc2ccc3c(c2)oc2ccccc23)cc1C. The Morgan fingerprint density at radius 3 is 2.58 bits per heavy atom. The van der Waals surface area contributed by atoms with Gasteiger partial charge in [-0.25, -0.2) is 0 Å². The Balaban J connectivity index is 1.46. The Morgan fingerprint density at radius 1 is 0.923 bits per heavy atom. The lowest BCUT2D eigenvalue weighted by Gasteiger charge is -2.09. The predicted molar refractivity (Wildman–Crippen MR) is 104 cm³/mol. The predicted octanol–water partition coefficient (Wildman–Crippen LogP) is 5.22. The highest BCUT2D eigenvalue weighted by Gasteiger charge is 2.09. The van der Waals surface area contributed by atoms with E-state index in [1.807, 2.05) is 74.5 Å². The highest BCUT2D eigenvalue weighted by Crippen LogP contribution is 2.30. The van der Waals surface area contributed by atoms with Gasteiger partial charge in [-0.15, -0.1) is 0 Å². The lowest BCUT2D eigenvalue weighted by molar-refractivity contribution is -0.118. The quantitative estimate of drug-likeness (QED) is 0.552. The number of para-hydroxylation sites is 1. The third kappa shape index (κ3) is 3.14. The summed E-state index contributed by atoms with van der Waals surface area (Å²) in [6, 6.07) is 19.3. The molecule has 0 saturated carbocycles. The van der Waals surface area contributed by atoms with Crippen molar-refractivity contribution in [2.45, 2.75) is 13.8 Å². The summed E-state index contributed by atoms with van der Waals surface area (Å²) in [5.41, 5.74) is 4.60. The number of anilines is 1. The van der Waals surface area contributed by atoms with E-state index in [0.29, 0.717) is 11.4 Å². The van der Waals surface area contributed by atoms with E-state index < -0.39 is 0 Å². The number of furan rings is 1. The maximum absolute atomic E-state index is 12.2. The third-order valence-electron chi connectivity index (χ3n) is 4.51. The number of hydrogen-bond acceptors (Lipinski definition) is 3. The molecule has 0 atom stereocenters. The average molecular weight is 345 g/mol. The molecule has 1 amide bonds. The largest absolute Gasteiger partial charge is 0.484 e. The van der Waals surface area contributed by atoms with Gasteiger partial charge in [0.15, 0.2) is 6.61 Å². The first-order valence-electron chi connectivity index (χ1n) is 8.51. The summed E-state index contributed by atoms with van der Waals surface area (Å²) in [7, 11) is 0. The maximum atomic E-state index is 12.2. The number of fused-ring (bicyclic) bond motifs is 3. The average Bonchev–Trinajstić information content (AvgIpc) is 3.00. The van der Waals surface area contributed by atoms with Gasteiger partial charge in [0.05, 0.1) is 0 Å². The molecule has 4 aromatic rings. The van der Waals surface area contributed by atoms with Gasteiger partial charge >= 0.3 is 0 Å². The molecule has 4 heteroatoms. The van der Waals surface area contributed by atoms with Crippen molar-refractivity contribution in [3.05, 3.63) is 71.8 Å². The van der Waals surface area contributed by atoms with Crippen molar-refractivity contribution in [2.75, 3.05) is 11.9 Å². The molecular weight excluding hydrogens is 326 g/mol. The fourth-order valence-corrected chi connectivity index (χ4v) is 2.95. The molecule has 4 rings (SSSR count). The van der Waals surface area contributed by atoms with Gasteiger partial charge in [-0.3, -0.25) is 4.79 Å². The molecule has 0 radical (unpaired) electrons. The molecule has 0 fully saturated rings. The smallest absolute Gasteiger partial charge is 0.262 e. The van der Waals surface area contributed by atoms with Crippen molar-refractivity contribution in [2.24, 2.45) is 0 Å². The number of hydrogen-bond donors (Lipinski definition) is 1. The van der Waals surface area contributed by atoms with Crippen LogP contribution in [0.4, 0.5) is 5.69 Å². The summed E-state index contributed by atoms with van der Waals surface area (Å²) in [6.07, 6.45) is 0. The van der Waals surface area contributed by atoms with Gasteiger partial charge in [0.1, 0.15) is 16.9 Å². The first-order valence-corrected chi connectivity index (χ1v) is 8.51. The van der Waals surface area contributed by atoms with Crippen molar-refractivity contribution in [1.82, 2.24) is 0 Å². The van der Waals surface area contributed by atoms with Gasteiger partial charge in [-0.2, -0.15) is 0 Å². The standard InChI is InChI=1S/C22H19NO3/c1-14-7-9-17(11-15(14)2)25-13-22(24)23-16-8-10-19-18-5-3-4-6-20(18)26-21(19)12-16/h3-12H,13H2,1-2H3,(H,23,24). The number of benzene rings is 3. The third-order valence-corrected chi connectivity index (χ3v) is 4.51. The van der Waals surface area contributed by atoms with Crippen LogP contribution in [-0.2, 0) is 4.79 Å². The summed E-state index contributed by atoms with van der Waals surface area (Å²) in [5, 5.41) is 4.95. The molecular formula is C22H19NO3. The van der Waals surface area contributed by atoms with Crippen LogP contribution in [0.1, 0.15) is 11.1 Å². The lowest BCUT2D eigenvalue weighted by atomic mass is 10.1. The highest BCUT2D eigenvalue weighted by molar-refractivity contribution is 6.06. The van der Waals surface area contributed by atoms with Gasteiger partial charge in [-0.1, -0.05) is 24.3 Å². The van der Waals surface area contributed by atoms with Gasteiger partial charge in [0.2, 0.25) is 0 Å². The van der Waals surface area contributed by atoms with Crippen LogP contribution >= 0.6 is 0 Å². The molecule has 1 aromatic heterocycles. The second-order valence-corrected chi connectivity index (χ2v) is 6.39. The maximum Gasteiger partial charge on any atom is 0.262 e. The molecule has 4 nitrogen and oxygen atoms in total. The van der Waals surface area contributed by atoms with E-state index in [2.05, 4.69) is 5.32 Å². The minimum absolute atomic E-state index is 0.0410. The Kier molecular flexibility index (Phi) is 4.09. The number of carbonyl (C=O) groups is 1. The van der Waals surface area contributed by atoms with Gasteiger partial charge < -0.3 is 14.5 Å². The van der Waals surface area contributed by atoms with E-state index in [9.17, 15) is 4.79 Å². The molecule has 0 aliphatic carbocycles. The number of ether oxygens (including phenoxy) is 1. The first-order chi connectivity index (χ1) is 12.6. The van der Waals surface area contributed by atoms with Crippen LogP contribution in [0, 0.1) is 13.8 Å². The van der Waals surface area contributed by atoms with Crippen LogP contribution in [0.15, 0.2) is 65.1 Å². The van der Waals surface area contributed by atoms with Crippen LogP contribution in [0.2, 0.25) is 0 Å². The molecule has 0 bridgehead atoms. The van der Waals surface area contributed by atoms with E-state index in [1.54, 1.807) is 0 Å². The zero-order chi connectivity index (χ0) is 18.1. The number of aryl methyl sites for hydroxylation is 2. The number of rotatable bonds is 4. The molecule has 130 valence electrons. The normalized spacial score (nSPS) is 11.0. The lowest BCUT2D eigenvalue weighted by Crippen LogP contribution is -2.20. The highest BCUT2D eigenvalue weighted by atomic mass is 16.5. The summed E-state index contributed by atoms with van der Waals surface area (Å²) < 4.78 is 11.4. The van der Waals surface area contributed by atoms with Gasteiger partial charge in [-0.05, 0) is 55.3 Å². The molecule has 0 spiro atoms. The minimum Gasteiger partial charge on any atom is -0.484 e. The number of nitrogens with one attached hydrogen (secondary N) is 1. The zero-order valence-electron chi connectivity index (χ0n) is 14.7. The Bertz CT molecular complexity index is 1110. The van der Waals surface area contributed by atoms with E-state index in [0.717, 1.165) is 27.5 Å². The molecule has 0 saturated heterocycles. The van der Waals surface area contributed by atoms with Crippen molar-refractivity contribution < 1.29 is 13.9 Å². The summed E-state index contributed by atoms with van der Waals surface area (Å²) in [6.45, 7) is 4.02. The molecule has 1 N–H and O–H groups in total. The molecule has 3 aromatic carbocycles. The monoisotopic (exact) mass is 345 g/mol. The van der Waals surface area contributed by atoms with Crippen LogP contribution in [0.3, 0.4) is 0 Å². The van der Waals surface area contributed by atoms with E-state index in [1.165, 1.54) is 5.56 Å². The summed E-state index contributed by atoms with van der Waals surface area (Å²) in [4.78, 5) is 12.2. The van der Waals surface area contributed by atoms with E-state index in [-0.39, 0.29) is 12.5 Å². The van der Waals surface area contributed by atoms with Crippen molar-refractivity contribution in [3.8, 4) is 5.75 Å². The summed E-state index contributed by atoms with van der Waals surface area (Å²) >= 11 is 0. The van der Waals surface area contributed by atoms with Gasteiger partial charge in [0, 0.05) is 22.5 Å². The molecule has 0 unspecified atom stereocenters. The van der Waals surface area contributed by atoms with Gasteiger partial charge in [0.25, 0.3) is 5.91 Å². The van der Waals surface area contributed by atoms with Crippen LogP contribution in [0.25, 0.3) is 21.9 Å². The van der Waals surface area contributed by atoms with Crippen molar-refractivity contribution in [3.63, 3.8) is 0 Å². The fraction of sp³-hybridized carbons (Fsp3) is 0.136. The van der Waals surface area contributed by atoms with Crippen LogP contribution in [0.5, 0.6) is 5.75 Å². The Morgan fingerprint density at radius 2 is 1.73 bits per heavy atom. The molecule has 26 heavy (non-hydrogen) atoms. The van der Waals surface area contributed by atoms with E-state index >= 15 is 0 Å².